The molecule has 0 bridgehead atoms. The molecule has 4 nitrogen and oxygen atoms in total. The van der Waals surface area contributed by atoms with Crippen molar-refractivity contribution < 1.29 is 14.7 Å². The van der Waals surface area contributed by atoms with Crippen LogP contribution in [-0.2, 0) is 0 Å². The van der Waals surface area contributed by atoms with Crippen molar-refractivity contribution in [1.82, 2.24) is 4.98 Å². The van der Waals surface area contributed by atoms with E-state index in [1.807, 2.05) is 12.1 Å². The third-order valence-corrected chi connectivity index (χ3v) is 4.37. The molecule has 21 heavy (non-hydrogen) atoms. The summed E-state index contributed by atoms with van der Waals surface area (Å²) in [6.07, 6.45) is 2.22. The van der Waals surface area contributed by atoms with Crippen molar-refractivity contribution in [3.63, 3.8) is 0 Å². The van der Waals surface area contributed by atoms with Crippen molar-refractivity contribution in [1.29, 1.82) is 0 Å². The SMILES string of the molecule is O=Cc1cc2c(-c3ccc(Cl)cc3)cnc(C(=O)O)c2s1. The van der Waals surface area contributed by atoms with Crippen LogP contribution in [0.3, 0.4) is 0 Å². The number of halogens is 1. The topological polar surface area (TPSA) is 67.3 Å². The largest absolute Gasteiger partial charge is 0.476 e. The average Bonchev–Trinajstić information content (AvgIpc) is 2.91. The van der Waals surface area contributed by atoms with Gasteiger partial charge in [-0.2, -0.15) is 0 Å². The fraction of sp³-hybridized carbons (Fsp3) is 0. The zero-order valence-electron chi connectivity index (χ0n) is 10.5. The Labute approximate surface area is 128 Å². The predicted molar refractivity (Wildman–Crippen MR) is 82.4 cm³/mol. The van der Waals surface area contributed by atoms with Crippen LogP contribution in [0.1, 0.15) is 20.2 Å². The van der Waals surface area contributed by atoms with Crippen molar-refractivity contribution in [3.05, 3.63) is 52.1 Å². The van der Waals surface area contributed by atoms with Gasteiger partial charge in [-0.1, -0.05) is 23.7 Å². The van der Waals surface area contributed by atoms with Gasteiger partial charge in [-0.3, -0.25) is 4.79 Å². The lowest BCUT2D eigenvalue weighted by Crippen LogP contribution is -2.00. The molecule has 0 aliphatic carbocycles. The van der Waals surface area contributed by atoms with E-state index < -0.39 is 5.97 Å². The van der Waals surface area contributed by atoms with E-state index >= 15 is 0 Å². The summed E-state index contributed by atoms with van der Waals surface area (Å²) in [5, 5.41) is 10.5. The van der Waals surface area contributed by atoms with Crippen LogP contribution in [0.25, 0.3) is 21.2 Å². The normalized spacial score (nSPS) is 10.7. The number of thiophene rings is 1. The fourth-order valence-corrected chi connectivity index (χ4v) is 3.22. The number of aromatic nitrogens is 1. The standard InChI is InChI=1S/C15H8ClNO3S/c16-9-3-1-8(2-4-9)12-6-17-13(15(19)20)14-11(12)5-10(7-18)21-14/h1-7H,(H,19,20). The molecule has 0 saturated carbocycles. The number of rotatable bonds is 3. The number of carbonyl (C=O) groups is 2. The van der Waals surface area contributed by atoms with Crippen LogP contribution >= 0.6 is 22.9 Å². The van der Waals surface area contributed by atoms with Gasteiger partial charge in [0.15, 0.2) is 12.0 Å². The molecule has 104 valence electrons. The van der Waals surface area contributed by atoms with Gasteiger partial charge in [-0.15, -0.1) is 11.3 Å². The fourth-order valence-electron chi connectivity index (χ4n) is 2.11. The molecule has 6 heteroatoms. The Bertz CT molecular complexity index is 855. The van der Waals surface area contributed by atoms with Crippen molar-refractivity contribution in [3.8, 4) is 11.1 Å². The van der Waals surface area contributed by atoms with Gasteiger partial charge in [-0.05, 0) is 23.8 Å². The second-order valence-electron chi connectivity index (χ2n) is 4.34. The minimum Gasteiger partial charge on any atom is -0.476 e. The molecule has 0 radical (unpaired) electrons. The Morgan fingerprint density at radius 1 is 1.29 bits per heavy atom. The van der Waals surface area contributed by atoms with E-state index in [2.05, 4.69) is 4.98 Å². The Kier molecular flexibility index (Phi) is 3.45. The van der Waals surface area contributed by atoms with Crippen molar-refractivity contribution >= 4 is 45.3 Å². The summed E-state index contributed by atoms with van der Waals surface area (Å²) in [4.78, 5) is 26.7. The molecule has 0 amide bonds. The van der Waals surface area contributed by atoms with E-state index in [0.29, 0.717) is 26.3 Å². The van der Waals surface area contributed by atoms with Crippen LogP contribution in [0, 0.1) is 0 Å². The lowest BCUT2D eigenvalue weighted by Gasteiger charge is -2.05. The van der Waals surface area contributed by atoms with E-state index in [0.717, 1.165) is 22.5 Å². The van der Waals surface area contributed by atoms with Gasteiger partial charge in [-0.25, -0.2) is 9.78 Å². The second kappa shape index (κ2) is 5.27. The minimum absolute atomic E-state index is 0.0409. The van der Waals surface area contributed by atoms with E-state index in [4.69, 9.17) is 11.6 Å². The molecule has 3 rings (SSSR count). The zero-order valence-corrected chi connectivity index (χ0v) is 12.1. The van der Waals surface area contributed by atoms with Crippen LogP contribution < -0.4 is 0 Å². The number of hydrogen-bond donors (Lipinski definition) is 1. The molecular weight excluding hydrogens is 310 g/mol. The summed E-state index contributed by atoms with van der Waals surface area (Å²) in [5.74, 6) is -1.11. The van der Waals surface area contributed by atoms with E-state index in [-0.39, 0.29) is 5.69 Å². The second-order valence-corrected chi connectivity index (χ2v) is 5.86. The highest BCUT2D eigenvalue weighted by Crippen LogP contribution is 2.35. The number of aromatic carboxylic acids is 1. The first-order chi connectivity index (χ1) is 10.1. The maximum absolute atomic E-state index is 11.2. The third kappa shape index (κ3) is 2.41. The molecule has 1 aromatic carbocycles. The Balaban J connectivity index is 2.31. The van der Waals surface area contributed by atoms with Crippen molar-refractivity contribution in [2.45, 2.75) is 0 Å². The maximum Gasteiger partial charge on any atom is 0.355 e. The first kappa shape index (κ1) is 13.7. The average molecular weight is 318 g/mol. The summed E-state index contributed by atoms with van der Waals surface area (Å²) in [7, 11) is 0. The molecule has 0 atom stereocenters. The van der Waals surface area contributed by atoms with Crippen molar-refractivity contribution in [2.75, 3.05) is 0 Å². The predicted octanol–water partition coefficient (Wildman–Crippen LogP) is 4.13. The number of fused-ring (bicyclic) bond motifs is 1. The van der Waals surface area contributed by atoms with Gasteiger partial charge >= 0.3 is 5.97 Å². The molecular formula is C15H8ClNO3S. The van der Waals surface area contributed by atoms with Gasteiger partial charge in [0.25, 0.3) is 0 Å². The zero-order chi connectivity index (χ0) is 15.0. The number of carbonyl (C=O) groups excluding carboxylic acids is 1. The minimum atomic E-state index is -1.11. The molecule has 3 aromatic rings. The first-order valence-corrected chi connectivity index (χ1v) is 7.16. The number of aldehydes is 1. The molecule has 0 spiro atoms. The first-order valence-electron chi connectivity index (χ1n) is 5.97. The van der Waals surface area contributed by atoms with Crippen LogP contribution in [0.5, 0.6) is 0 Å². The summed E-state index contributed by atoms with van der Waals surface area (Å²) in [5.41, 5.74) is 1.60. The van der Waals surface area contributed by atoms with Crippen molar-refractivity contribution in [2.24, 2.45) is 0 Å². The molecule has 0 aliphatic rings. The summed E-state index contributed by atoms with van der Waals surface area (Å²) in [6, 6.07) is 8.85. The summed E-state index contributed by atoms with van der Waals surface area (Å²) >= 11 is 7.00. The number of pyridine rings is 1. The van der Waals surface area contributed by atoms with E-state index in [1.54, 1.807) is 18.2 Å². The van der Waals surface area contributed by atoms with Crippen LogP contribution in [-0.4, -0.2) is 22.3 Å². The lowest BCUT2D eigenvalue weighted by molar-refractivity contribution is 0.0693. The molecule has 0 fully saturated rings. The van der Waals surface area contributed by atoms with E-state index in [9.17, 15) is 14.7 Å². The number of nitrogens with zero attached hydrogens (tertiary/aromatic N) is 1. The van der Waals surface area contributed by atoms with Gasteiger partial charge in [0.05, 0.1) is 9.58 Å². The van der Waals surface area contributed by atoms with Crippen LogP contribution in [0.15, 0.2) is 36.5 Å². The van der Waals surface area contributed by atoms with E-state index in [1.165, 1.54) is 6.20 Å². The van der Waals surface area contributed by atoms with Gasteiger partial charge in [0.1, 0.15) is 0 Å². The highest BCUT2D eigenvalue weighted by atomic mass is 35.5. The summed E-state index contributed by atoms with van der Waals surface area (Å²) < 4.78 is 0.497. The summed E-state index contributed by atoms with van der Waals surface area (Å²) in [6.45, 7) is 0. The molecule has 1 N–H and O–H groups in total. The number of carboxylic acids is 1. The van der Waals surface area contributed by atoms with Crippen LogP contribution in [0.4, 0.5) is 0 Å². The van der Waals surface area contributed by atoms with Gasteiger partial charge in [0, 0.05) is 22.2 Å². The number of carboxylic acid groups (broad SMARTS) is 1. The van der Waals surface area contributed by atoms with Crippen LogP contribution in [0.2, 0.25) is 5.02 Å². The molecule has 0 unspecified atom stereocenters. The smallest absolute Gasteiger partial charge is 0.355 e. The lowest BCUT2D eigenvalue weighted by atomic mass is 10.0. The van der Waals surface area contributed by atoms with Gasteiger partial charge in [0.2, 0.25) is 0 Å². The Morgan fingerprint density at radius 3 is 2.62 bits per heavy atom. The Morgan fingerprint density at radius 2 is 2.00 bits per heavy atom. The number of benzene rings is 1. The molecule has 2 aromatic heterocycles. The monoisotopic (exact) mass is 317 g/mol. The molecule has 0 saturated heterocycles. The Hall–Kier alpha value is -2.24. The third-order valence-electron chi connectivity index (χ3n) is 3.05. The maximum atomic E-state index is 11.2. The molecule has 2 heterocycles. The van der Waals surface area contributed by atoms with Gasteiger partial charge < -0.3 is 5.11 Å². The highest BCUT2D eigenvalue weighted by Gasteiger charge is 2.17. The number of hydrogen-bond acceptors (Lipinski definition) is 4. The highest BCUT2D eigenvalue weighted by molar-refractivity contribution is 7.21. The quantitative estimate of drug-likeness (QED) is 0.738. The molecule has 0 aliphatic heterocycles.